The topological polar surface area (TPSA) is 108 Å². The lowest BCUT2D eigenvalue weighted by Crippen LogP contribution is -2.42. The molecule has 1 unspecified atom stereocenters. The summed E-state index contributed by atoms with van der Waals surface area (Å²) in [6.45, 7) is 0.453. The minimum absolute atomic E-state index is 0.0920. The van der Waals surface area contributed by atoms with Crippen molar-refractivity contribution in [2.24, 2.45) is 0 Å². The second-order valence-corrected chi connectivity index (χ2v) is 6.51. The first-order chi connectivity index (χ1) is 9.41. The lowest BCUT2D eigenvalue weighted by atomic mass is 10.2. The summed E-state index contributed by atoms with van der Waals surface area (Å²) in [5.41, 5.74) is 0. The third-order valence-corrected chi connectivity index (χ3v) is 4.35. The molecule has 1 aromatic rings. The highest BCUT2D eigenvalue weighted by atomic mass is 32.2. The first kappa shape index (κ1) is 14.5. The van der Waals surface area contributed by atoms with Gasteiger partial charge in [-0.15, -0.1) is 0 Å². The van der Waals surface area contributed by atoms with Gasteiger partial charge in [-0.2, -0.15) is 14.7 Å². The van der Waals surface area contributed by atoms with Crippen molar-refractivity contribution in [1.29, 1.82) is 5.26 Å². The number of nitrogens with one attached hydrogen (secondary N) is 1. The van der Waals surface area contributed by atoms with Crippen LogP contribution in [0.1, 0.15) is 12.8 Å². The summed E-state index contributed by atoms with van der Waals surface area (Å²) in [7, 11) is -3.39. The smallest absolute Gasteiger partial charge is 0.244 e. The van der Waals surface area contributed by atoms with E-state index in [0.29, 0.717) is 25.2 Å². The molecule has 1 aliphatic rings. The summed E-state index contributed by atoms with van der Waals surface area (Å²) in [6.07, 6.45) is 3.83. The highest BCUT2D eigenvalue weighted by molar-refractivity contribution is 7.88. The molecular formula is C11H15N5O3S. The number of rotatable bonds is 4. The average Bonchev–Trinajstić information content (AvgIpc) is 2.97. The van der Waals surface area contributed by atoms with Gasteiger partial charge >= 0.3 is 0 Å². The van der Waals surface area contributed by atoms with Gasteiger partial charge in [0.05, 0.1) is 12.3 Å². The predicted molar refractivity (Wildman–Crippen MR) is 71.0 cm³/mol. The molecule has 9 heteroatoms. The normalized spacial score (nSPS) is 19.7. The van der Waals surface area contributed by atoms with Gasteiger partial charge in [0.25, 0.3) is 0 Å². The molecule has 0 bridgehead atoms. The SMILES string of the molecule is CS(=O)(=O)N1CCCC1C(=O)Nc1ccn(CC#N)n1. The van der Waals surface area contributed by atoms with Gasteiger partial charge < -0.3 is 5.32 Å². The lowest BCUT2D eigenvalue weighted by Gasteiger charge is -2.20. The second-order valence-electron chi connectivity index (χ2n) is 4.58. The van der Waals surface area contributed by atoms with Crippen LogP contribution < -0.4 is 5.32 Å². The Bertz CT molecular complexity index is 645. The van der Waals surface area contributed by atoms with Crippen LogP contribution in [0.5, 0.6) is 0 Å². The van der Waals surface area contributed by atoms with Gasteiger partial charge in [0.2, 0.25) is 15.9 Å². The summed E-state index contributed by atoms with van der Waals surface area (Å²) in [4.78, 5) is 12.1. The first-order valence-electron chi connectivity index (χ1n) is 6.10. The Morgan fingerprint density at radius 3 is 3.05 bits per heavy atom. The number of nitriles is 1. The van der Waals surface area contributed by atoms with Crippen LogP contribution in [0.25, 0.3) is 0 Å². The van der Waals surface area contributed by atoms with E-state index in [2.05, 4.69) is 10.4 Å². The molecule has 0 aliphatic carbocycles. The summed E-state index contributed by atoms with van der Waals surface area (Å²) >= 11 is 0. The molecule has 1 aliphatic heterocycles. The van der Waals surface area contributed by atoms with E-state index in [9.17, 15) is 13.2 Å². The average molecular weight is 297 g/mol. The highest BCUT2D eigenvalue weighted by Crippen LogP contribution is 2.21. The van der Waals surface area contributed by atoms with Crippen LogP contribution in [-0.2, 0) is 21.4 Å². The Kier molecular flexibility index (Phi) is 4.06. The van der Waals surface area contributed by atoms with Crippen molar-refractivity contribution in [2.75, 3.05) is 18.1 Å². The van der Waals surface area contributed by atoms with Crippen LogP contribution in [0.15, 0.2) is 12.3 Å². The number of nitrogens with zero attached hydrogens (tertiary/aromatic N) is 4. The maximum Gasteiger partial charge on any atom is 0.244 e. The van der Waals surface area contributed by atoms with Crippen molar-refractivity contribution in [3.8, 4) is 6.07 Å². The molecule has 1 amide bonds. The molecule has 1 atom stereocenters. The first-order valence-corrected chi connectivity index (χ1v) is 7.95. The predicted octanol–water partition coefficient (Wildman–Crippen LogP) is -0.231. The number of amides is 1. The van der Waals surface area contributed by atoms with Gasteiger partial charge in [-0.25, -0.2) is 8.42 Å². The fourth-order valence-corrected chi connectivity index (χ4v) is 3.32. The van der Waals surface area contributed by atoms with E-state index in [4.69, 9.17) is 5.26 Å². The van der Waals surface area contributed by atoms with Gasteiger partial charge in [0, 0.05) is 18.8 Å². The van der Waals surface area contributed by atoms with Gasteiger partial charge in [-0.1, -0.05) is 0 Å². The number of carbonyl (C=O) groups is 1. The van der Waals surface area contributed by atoms with E-state index in [0.717, 1.165) is 6.26 Å². The van der Waals surface area contributed by atoms with Gasteiger partial charge in [0.1, 0.15) is 12.6 Å². The van der Waals surface area contributed by atoms with Gasteiger partial charge in [0.15, 0.2) is 5.82 Å². The van der Waals surface area contributed by atoms with Crippen molar-refractivity contribution in [2.45, 2.75) is 25.4 Å². The molecule has 108 valence electrons. The van der Waals surface area contributed by atoms with Crippen LogP contribution in [0.3, 0.4) is 0 Å². The number of anilines is 1. The quantitative estimate of drug-likeness (QED) is 0.825. The molecule has 1 saturated heterocycles. The van der Waals surface area contributed by atoms with Gasteiger partial charge in [-0.3, -0.25) is 9.48 Å². The van der Waals surface area contributed by atoms with E-state index in [-0.39, 0.29) is 6.54 Å². The minimum atomic E-state index is -3.39. The molecule has 0 aromatic carbocycles. The van der Waals surface area contributed by atoms with Crippen LogP contribution in [0, 0.1) is 11.3 Å². The fourth-order valence-electron chi connectivity index (χ4n) is 2.20. The van der Waals surface area contributed by atoms with Crippen molar-refractivity contribution >= 4 is 21.7 Å². The van der Waals surface area contributed by atoms with Crippen LogP contribution in [0.4, 0.5) is 5.82 Å². The Balaban J connectivity index is 2.06. The van der Waals surface area contributed by atoms with E-state index >= 15 is 0 Å². The van der Waals surface area contributed by atoms with Crippen molar-refractivity contribution < 1.29 is 13.2 Å². The lowest BCUT2D eigenvalue weighted by molar-refractivity contribution is -0.119. The monoisotopic (exact) mass is 297 g/mol. The van der Waals surface area contributed by atoms with Crippen LogP contribution >= 0.6 is 0 Å². The number of sulfonamides is 1. The maximum absolute atomic E-state index is 12.1. The Morgan fingerprint density at radius 1 is 1.65 bits per heavy atom. The second kappa shape index (κ2) is 5.60. The summed E-state index contributed by atoms with van der Waals surface area (Å²) in [6, 6.07) is 2.81. The van der Waals surface area contributed by atoms with Crippen molar-refractivity contribution in [3.05, 3.63) is 12.3 Å². The zero-order chi connectivity index (χ0) is 14.8. The molecule has 20 heavy (non-hydrogen) atoms. The van der Waals surface area contributed by atoms with Crippen molar-refractivity contribution in [3.63, 3.8) is 0 Å². The standard InChI is InChI=1S/C11H15N5O3S/c1-20(18,19)16-6-2-3-9(16)11(17)13-10-4-7-15(14-10)8-5-12/h4,7,9H,2-3,6,8H2,1H3,(H,13,14,17). The molecule has 0 spiro atoms. The summed E-state index contributed by atoms with van der Waals surface area (Å²) in [5, 5.41) is 15.1. The van der Waals surface area contributed by atoms with E-state index in [1.54, 1.807) is 12.3 Å². The van der Waals surface area contributed by atoms with Gasteiger partial charge in [-0.05, 0) is 12.8 Å². The maximum atomic E-state index is 12.1. The minimum Gasteiger partial charge on any atom is -0.308 e. The van der Waals surface area contributed by atoms with E-state index in [1.807, 2.05) is 6.07 Å². The molecular weight excluding hydrogens is 282 g/mol. The van der Waals surface area contributed by atoms with E-state index < -0.39 is 22.0 Å². The Hall–Kier alpha value is -1.92. The van der Waals surface area contributed by atoms with Crippen molar-refractivity contribution in [1.82, 2.24) is 14.1 Å². The summed E-state index contributed by atoms with van der Waals surface area (Å²) in [5.74, 6) is -0.0827. The zero-order valence-corrected chi connectivity index (χ0v) is 11.8. The fraction of sp³-hybridized carbons (Fsp3) is 0.545. The molecule has 1 N–H and O–H groups in total. The molecule has 2 heterocycles. The third kappa shape index (κ3) is 3.15. The molecule has 1 fully saturated rings. The number of hydrogen-bond donors (Lipinski definition) is 1. The Morgan fingerprint density at radius 2 is 2.40 bits per heavy atom. The largest absolute Gasteiger partial charge is 0.308 e. The number of carbonyl (C=O) groups excluding carboxylic acids is 1. The molecule has 0 saturated carbocycles. The molecule has 0 radical (unpaired) electrons. The molecule has 1 aromatic heterocycles. The van der Waals surface area contributed by atoms with Crippen LogP contribution in [0.2, 0.25) is 0 Å². The molecule has 2 rings (SSSR count). The Labute approximate surface area is 117 Å². The highest BCUT2D eigenvalue weighted by Gasteiger charge is 2.36. The number of aromatic nitrogens is 2. The molecule has 8 nitrogen and oxygen atoms in total. The zero-order valence-electron chi connectivity index (χ0n) is 11.0. The summed E-state index contributed by atoms with van der Waals surface area (Å²) < 4.78 is 25.8. The van der Waals surface area contributed by atoms with Crippen LogP contribution in [-0.4, -0.2) is 47.3 Å². The third-order valence-electron chi connectivity index (χ3n) is 3.06. The van der Waals surface area contributed by atoms with E-state index in [1.165, 1.54) is 8.99 Å². The number of hydrogen-bond acceptors (Lipinski definition) is 5.